The number of benzene rings is 4. The average Bonchev–Trinajstić information content (AvgIpc) is 2.88. The maximum absolute atomic E-state index is 12.9. The fraction of sp³-hybridized carbons (Fsp3) is 0.100. The molecule has 0 bridgehead atoms. The van der Waals surface area contributed by atoms with Crippen molar-refractivity contribution in [1.82, 2.24) is 0 Å². The summed E-state index contributed by atoms with van der Waals surface area (Å²) in [6.45, 7) is 1.11. The van der Waals surface area contributed by atoms with Crippen molar-refractivity contribution >= 4 is 57.6 Å². The van der Waals surface area contributed by atoms with Gasteiger partial charge in [0.2, 0.25) is 5.91 Å². The smallest absolute Gasteiger partial charge is 0.224 e. The lowest BCUT2D eigenvalue weighted by atomic mass is 10.1. The van der Waals surface area contributed by atoms with Gasteiger partial charge < -0.3 is 4.90 Å². The van der Waals surface area contributed by atoms with E-state index in [-0.39, 0.29) is 11.7 Å². The lowest BCUT2D eigenvalue weighted by Crippen LogP contribution is -2.35. The third kappa shape index (κ3) is 5.17. The summed E-state index contributed by atoms with van der Waals surface area (Å²) in [4.78, 5) is 27.0. The van der Waals surface area contributed by atoms with E-state index in [1.54, 1.807) is 23.1 Å². The zero-order valence-corrected chi connectivity index (χ0v) is 21.4. The molecule has 0 saturated carbocycles. The van der Waals surface area contributed by atoms with E-state index in [2.05, 4.69) is 78.6 Å². The van der Waals surface area contributed by atoms with E-state index in [0.717, 1.165) is 0 Å². The van der Waals surface area contributed by atoms with Gasteiger partial charge in [-0.25, -0.2) is 0 Å². The minimum Gasteiger partial charge on any atom is -0.308 e. The molecule has 0 aliphatic heterocycles. The van der Waals surface area contributed by atoms with Crippen LogP contribution in [0.4, 0.5) is 5.69 Å². The molecule has 4 rings (SSSR count). The van der Waals surface area contributed by atoms with Crippen LogP contribution in [0.2, 0.25) is 5.02 Å². The van der Waals surface area contributed by atoms with Gasteiger partial charge >= 0.3 is 0 Å². The molecule has 5 heteroatoms. The van der Waals surface area contributed by atoms with Crippen molar-refractivity contribution in [2.24, 2.45) is 0 Å². The molecule has 0 radical (unpaired) electrons. The van der Waals surface area contributed by atoms with Crippen molar-refractivity contribution in [3.8, 4) is 0 Å². The SMILES string of the molecule is CC(=O)c1cc(Cl)ccc1N(CC=P(c1ccccc1)(c1ccccc1)c1ccccc1)C(C)=O. The summed E-state index contributed by atoms with van der Waals surface area (Å²) in [5.41, 5.74) is 1.00. The molecule has 0 aromatic heterocycles. The number of anilines is 1. The summed E-state index contributed by atoms with van der Waals surface area (Å²) in [5.74, 6) is 2.00. The number of amides is 1. The zero-order valence-electron chi connectivity index (χ0n) is 19.8. The van der Waals surface area contributed by atoms with Crippen LogP contribution in [0.25, 0.3) is 0 Å². The number of Topliss-reactive ketones (excluding diaryl/α,β-unsaturated/α-hetero) is 1. The van der Waals surface area contributed by atoms with Crippen LogP contribution in [-0.2, 0) is 4.79 Å². The van der Waals surface area contributed by atoms with Gasteiger partial charge in [0.25, 0.3) is 0 Å². The van der Waals surface area contributed by atoms with E-state index in [9.17, 15) is 9.59 Å². The first kappa shape index (κ1) is 24.7. The van der Waals surface area contributed by atoms with E-state index in [1.807, 2.05) is 18.2 Å². The maximum Gasteiger partial charge on any atom is 0.224 e. The maximum atomic E-state index is 12.9. The van der Waals surface area contributed by atoms with Crippen molar-refractivity contribution in [2.45, 2.75) is 13.8 Å². The minimum atomic E-state index is -2.25. The second-order valence-corrected chi connectivity index (χ2v) is 12.1. The lowest BCUT2D eigenvalue weighted by molar-refractivity contribution is -0.116. The number of halogens is 1. The fourth-order valence-electron chi connectivity index (χ4n) is 4.38. The monoisotopic (exact) mass is 499 g/mol. The number of hydrogen-bond acceptors (Lipinski definition) is 2. The first-order valence-electron chi connectivity index (χ1n) is 11.4. The Balaban J connectivity index is 1.98. The number of ketones is 1. The van der Waals surface area contributed by atoms with Gasteiger partial charge in [0.1, 0.15) is 0 Å². The highest BCUT2D eigenvalue weighted by Gasteiger charge is 2.26. The van der Waals surface area contributed by atoms with Gasteiger partial charge in [-0.2, -0.15) is 0 Å². The first-order valence-corrected chi connectivity index (χ1v) is 13.7. The van der Waals surface area contributed by atoms with Crippen LogP contribution < -0.4 is 20.8 Å². The largest absolute Gasteiger partial charge is 0.308 e. The van der Waals surface area contributed by atoms with Gasteiger partial charge in [0.15, 0.2) is 5.78 Å². The number of hydrogen-bond donors (Lipinski definition) is 0. The molecule has 0 atom stereocenters. The Kier molecular flexibility index (Phi) is 7.70. The van der Waals surface area contributed by atoms with Gasteiger partial charge in [-0.1, -0.05) is 108 Å². The molecule has 0 aliphatic carbocycles. The summed E-state index contributed by atoms with van der Waals surface area (Å²) in [6.07, 6.45) is 0. The van der Waals surface area contributed by atoms with Crippen molar-refractivity contribution in [3.63, 3.8) is 0 Å². The molecule has 1 amide bonds. The van der Waals surface area contributed by atoms with Crippen LogP contribution in [-0.4, -0.2) is 24.0 Å². The molecule has 4 aromatic carbocycles. The molecule has 0 unspecified atom stereocenters. The predicted octanol–water partition coefficient (Wildman–Crippen LogP) is 5.69. The zero-order chi connectivity index (χ0) is 24.8. The number of carbonyl (C=O) groups is 2. The van der Waals surface area contributed by atoms with Crippen LogP contribution in [0.15, 0.2) is 109 Å². The molecule has 35 heavy (non-hydrogen) atoms. The van der Waals surface area contributed by atoms with E-state index in [1.165, 1.54) is 29.8 Å². The predicted molar refractivity (Wildman–Crippen MR) is 151 cm³/mol. The Bertz CT molecular complexity index is 1280. The quantitative estimate of drug-likeness (QED) is 0.242. The first-order chi connectivity index (χ1) is 16.9. The van der Waals surface area contributed by atoms with Crippen LogP contribution >= 0.6 is 18.5 Å². The fourth-order valence-corrected chi connectivity index (χ4v) is 8.41. The minimum absolute atomic E-state index is 0.135. The summed E-state index contributed by atoms with van der Waals surface area (Å²) < 4.78 is 0. The third-order valence-corrected chi connectivity index (χ3v) is 10.3. The Labute approximate surface area is 212 Å². The van der Waals surface area contributed by atoms with Crippen molar-refractivity contribution in [1.29, 1.82) is 0 Å². The highest BCUT2D eigenvalue weighted by atomic mass is 35.5. The van der Waals surface area contributed by atoms with Gasteiger partial charge in [-0.05, 0) is 47.9 Å². The van der Waals surface area contributed by atoms with Crippen molar-refractivity contribution in [3.05, 3.63) is 120 Å². The molecule has 0 spiro atoms. The Morgan fingerprint density at radius 3 is 1.60 bits per heavy atom. The van der Waals surface area contributed by atoms with E-state index < -0.39 is 6.89 Å². The third-order valence-electron chi connectivity index (χ3n) is 6.04. The Morgan fingerprint density at radius 2 is 1.20 bits per heavy atom. The molecular weight excluding hydrogens is 473 g/mol. The highest BCUT2D eigenvalue weighted by molar-refractivity contribution is 7.94. The second kappa shape index (κ2) is 10.9. The van der Waals surface area contributed by atoms with Crippen LogP contribution in [0.3, 0.4) is 0 Å². The molecule has 0 heterocycles. The molecule has 0 N–H and O–H groups in total. The summed E-state index contributed by atoms with van der Waals surface area (Å²) in [5, 5.41) is 4.06. The van der Waals surface area contributed by atoms with Crippen molar-refractivity contribution < 1.29 is 9.59 Å². The van der Waals surface area contributed by atoms with E-state index >= 15 is 0 Å². The molecule has 0 fully saturated rings. The van der Waals surface area contributed by atoms with Gasteiger partial charge in [0.05, 0.1) is 5.69 Å². The molecule has 4 aromatic rings. The van der Waals surface area contributed by atoms with Crippen LogP contribution in [0.1, 0.15) is 24.2 Å². The normalized spacial score (nSPS) is 11.1. The lowest BCUT2D eigenvalue weighted by Gasteiger charge is -2.31. The molecular formula is C30H27ClNO2P. The van der Waals surface area contributed by atoms with Crippen molar-refractivity contribution in [2.75, 3.05) is 11.4 Å². The van der Waals surface area contributed by atoms with Gasteiger partial charge in [-0.3, -0.25) is 9.59 Å². The standard InChI is InChI=1S/C30H27ClNO2P/c1-23(33)29-22-25(31)18-19-30(29)32(24(2)34)20-21-35(26-12-6-3-7-13-26,27-14-8-4-9-15-27)28-16-10-5-11-17-28/h3-19,21-22H,20H2,1-2H3. The number of rotatable bonds is 7. The molecule has 3 nitrogen and oxygen atoms in total. The van der Waals surface area contributed by atoms with Crippen LogP contribution in [0, 0.1) is 0 Å². The van der Waals surface area contributed by atoms with E-state index in [4.69, 9.17) is 11.6 Å². The van der Waals surface area contributed by atoms with Gasteiger partial charge in [-0.15, -0.1) is 0 Å². The second-order valence-electron chi connectivity index (χ2n) is 8.26. The Hall–Kier alpha value is -3.39. The number of nitrogens with zero attached hydrogens (tertiary/aromatic N) is 1. The van der Waals surface area contributed by atoms with Gasteiger partial charge in [0, 0.05) is 24.1 Å². The molecule has 0 saturated heterocycles. The highest BCUT2D eigenvalue weighted by Crippen LogP contribution is 2.43. The average molecular weight is 500 g/mol. The summed E-state index contributed by atoms with van der Waals surface area (Å²) in [7, 11) is 0. The molecule has 0 aliphatic rings. The number of carbonyl (C=O) groups excluding carboxylic acids is 2. The Morgan fingerprint density at radius 1 is 0.743 bits per heavy atom. The van der Waals surface area contributed by atoms with E-state index in [0.29, 0.717) is 22.8 Å². The van der Waals surface area contributed by atoms with Crippen LogP contribution in [0.5, 0.6) is 0 Å². The summed E-state index contributed by atoms with van der Waals surface area (Å²) >= 11 is 6.18. The summed E-state index contributed by atoms with van der Waals surface area (Å²) in [6, 6.07) is 36.4. The topological polar surface area (TPSA) is 37.4 Å². The molecule has 176 valence electrons.